The fourth-order valence-corrected chi connectivity index (χ4v) is 1.49. The lowest BCUT2D eigenvalue weighted by atomic mass is 10.2. The van der Waals surface area contributed by atoms with E-state index >= 15 is 0 Å². The summed E-state index contributed by atoms with van der Waals surface area (Å²) in [6.07, 6.45) is 0. The molecule has 2 aromatic rings. The third-order valence-electron chi connectivity index (χ3n) is 2.06. The van der Waals surface area contributed by atoms with Crippen LogP contribution in [-0.4, -0.2) is 16.0 Å². The Kier molecular flexibility index (Phi) is 2.41. The van der Waals surface area contributed by atoms with Crippen LogP contribution >= 0.6 is 0 Å². The molecule has 0 fully saturated rings. The third-order valence-corrected chi connectivity index (χ3v) is 2.06. The zero-order chi connectivity index (χ0) is 10.8. The zero-order valence-electron chi connectivity index (χ0n) is 8.74. The minimum Gasteiger partial charge on any atom is -0.367 e. The number of hydrogen-bond donors (Lipinski definition) is 2. The summed E-state index contributed by atoms with van der Waals surface area (Å²) >= 11 is 0. The number of para-hydroxylation sites is 1. The van der Waals surface area contributed by atoms with E-state index in [1.54, 1.807) is 0 Å². The van der Waals surface area contributed by atoms with E-state index in [0.29, 0.717) is 5.82 Å². The van der Waals surface area contributed by atoms with Gasteiger partial charge in [0.05, 0.1) is 5.52 Å². The summed E-state index contributed by atoms with van der Waals surface area (Å²) in [5.41, 5.74) is 0.484. The lowest BCUT2D eigenvalue weighted by Crippen LogP contribution is -2.17. The maximum Gasteiger partial charge on any atom is 0.347 e. The van der Waals surface area contributed by atoms with Crippen LogP contribution in [0.3, 0.4) is 0 Å². The quantitative estimate of drug-likeness (QED) is 0.781. The molecule has 2 N–H and O–H groups in total. The van der Waals surface area contributed by atoms with Gasteiger partial charge in [0.1, 0.15) is 5.82 Å². The molecule has 1 heterocycles. The minimum absolute atomic E-state index is 0.253. The van der Waals surface area contributed by atoms with Crippen LogP contribution < -0.4 is 11.0 Å². The molecule has 0 amide bonds. The molecule has 0 spiro atoms. The second-order valence-electron chi connectivity index (χ2n) is 3.74. The van der Waals surface area contributed by atoms with Gasteiger partial charge in [0.2, 0.25) is 0 Å². The van der Waals surface area contributed by atoms with Crippen molar-refractivity contribution in [1.29, 1.82) is 0 Å². The maximum absolute atomic E-state index is 11.3. The van der Waals surface area contributed by atoms with E-state index in [-0.39, 0.29) is 11.7 Å². The van der Waals surface area contributed by atoms with Crippen LogP contribution in [0.15, 0.2) is 29.1 Å². The van der Waals surface area contributed by atoms with Crippen molar-refractivity contribution in [2.75, 3.05) is 5.32 Å². The largest absolute Gasteiger partial charge is 0.367 e. The number of anilines is 1. The van der Waals surface area contributed by atoms with Gasteiger partial charge in [-0.3, -0.25) is 0 Å². The van der Waals surface area contributed by atoms with Crippen LogP contribution in [0.5, 0.6) is 0 Å². The number of fused-ring (bicyclic) bond motifs is 1. The third kappa shape index (κ3) is 1.98. The first kappa shape index (κ1) is 9.71. The van der Waals surface area contributed by atoms with Crippen molar-refractivity contribution in [2.45, 2.75) is 19.9 Å². The van der Waals surface area contributed by atoms with Crippen LogP contribution in [-0.2, 0) is 0 Å². The molecule has 4 heteroatoms. The number of benzene rings is 1. The van der Waals surface area contributed by atoms with Crippen LogP contribution in [0.2, 0.25) is 0 Å². The van der Waals surface area contributed by atoms with Crippen molar-refractivity contribution in [2.24, 2.45) is 0 Å². The number of aromatic amines is 1. The smallest absolute Gasteiger partial charge is 0.347 e. The van der Waals surface area contributed by atoms with Gasteiger partial charge in [-0.15, -0.1) is 0 Å². The van der Waals surface area contributed by atoms with Crippen LogP contribution in [0.1, 0.15) is 13.8 Å². The highest BCUT2D eigenvalue weighted by Crippen LogP contribution is 2.17. The van der Waals surface area contributed by atoms with E-state index in [2.05, 4.69) is 15.3 Å². The predicted octanol–water partition coefficient (Wildman–Crippen LogP) is 1.74. The monoisotopic (exact) mass is 203 g/mol. The van der Waals surface area contributed by atoms with E-state index in [0.717, 1.165) is 10.9 Å². The Labute approximate surface area is 87.4 Å². The number of H-pyrrole nitrogens is 1. The molecular weight excluding hydrogens is 190 g/mol. The van der Waals surface area contributed by atoms with Crippen molar-refractivity contribution in [3.05, 3.63) is 34.7 Å². The standard InChI is InChI=1S/C11H13N3O/c1-7(2)12-10-8-5-3-4-6-9(8)13-11(15)14-10/h3-7H,1-2H3,(H2,12,13,14,15). The zero-order valence-corrected chi connectivity index (χ0v) is 8.74. The summed E-state index contributed by atoms with van der Waals surface area (Å²) in [4.78, 5) is 17.9. The van der Waals surface area contributed by atoms with E-state index in [1.807, 2.05) is 38.1 Å². The van der Waals surface area contributed by atoms with Crippen LogP contribution in [0.25, 0.3) is 10.9 Å². The maximum atomic E-state index is 11.3. The highest BCUT2D eigenvalue weighted by atomic mass is 16.1. The first-order chi connectivity index (χ1) is 7.16. The van der Waals surface area contributed by atoms with Gasteiger partial charge in [0, 0.05) is 11.4 Å². The molecule has 0 saturated carbocycles. The SMILES string of the molecule is CC(C)Nc1nc(=O)[nH]c2ccccc12. The first-order valence-corrected chi connectivity index (χ1v) is 4.92. The van der Waals surface area contributed by atoms with E-state index in [4.69, 9.17) is 0 Å². The molecule has 0 aliphatic carbocycles. The average Bonchev–Trinajstić information content (AvgIpc) is 2.16. The molecule has 0 aliphatic heterocycles. The number of nitrogens with zero attached hydrogens (tertiary/aromatic N) is 1. The van der Waals surface area contributed by atoms with Crippen LogP contribution in [0.4, 0.5) is 5.82 Å². The molecule has 0 aliphatic rings. The van der Waals surface area contributed by atoms with Crippen molar-refractivity contribution in [3.8, 4) is 0 Å². The molecule has 0 unspecified atom stereocenters. The Hall–Kier alpha value is -1.84. The molecule has 0 radical (unpaired) electrons. The molecular formula is C11H13N3O. The summed E-state index contributed by atoms with van der Waals surface area (Å²) in [6.45, 7) is 4.02. The van der Waals surface area contributed by atoms with E-state index in [9.17, 15) is 4.79 Å². The van der Waals surface area contributed by atoms with Gasteiger partial charge in [-0.25, -0.2) is 4.79 Å². The number of hydrogen-bond acceptors (Lipinski definition) is 3. The Balaban J connectivity index is 2.66. The summed E-state index contributed by atoms with van der Waals surface area (Å²) in [5.74, 6) is 0.643. The van der Waals surface area contributed by atoms with Gasteiger partial charge in [0.25, 0.3) is 0 Å². The lowest BCUT2D eigenvalue weighted by Gasteiger charge is -2.10. The molecule has 0 bridgehead atoms. The highest BCUT2D eigenvalue weighted by Gasteiger charge is 2.04. The summed E-state index contributed by atoms with van der Waals surface area (Å²) in [5, 5.41) is 4.09. The Morgan fingerprint density at radius 2 is 2.07 bits per heavy atom. The Morgan fingerprint density at radius 1 is 1.33 bits per heavy atom. The van der Waals surface area contributed by atoms with Crippen molar-refractivity contribution < 1.29 is 0 Å². The molecule has 78 valence electrons. The van der Waals surface area contributed by atoms with Crippen molar-refractivity contribution >= 4 is 16.7 Å². The van der Waals surface area contributed by atoms with Gasteiger partial charge in [-0.1, -0.05) is 12.1 Å². The average molecular weight is 203 g/mol. The summed E-state index contributed by atoms with van der Waals surface area (Å²) in [6, 6.07) is 7.86. The lowest BCUT2D eigenvalue weighted by molar-refractivity contribution is 0.886. The number of nitrogens with one attached hydrogen (secondary N) is 2. The summed E-state index contributed by atoms with van der Waals surface area (Å²) in [7, 11) is 0. The van der Waals surface area contributed by atoms with Crippen molar-refractivity contribution in [3.63, 3.8) is 0 Å². The van der Waals surface area contributed by atoms with Gasteiger partial charge < -0.3 is 10.3 Å². The van der Waals surface area contributed by atoms with Gasteiger partial charge in [0.15, 0.2) is 0 Å². The molecule has 4 nitrogen and oxygen atoms in total. The first-order valence-electron chi connectivity index (χ1n) is 4.92. The minimum atomic E-state index is -0.322. The molecule has 15 heavy (non-hydrogen) atoms. The summed E-state index contributed by atoms with van der Waals surface area (Å²) < 4.78 is 0. The molecule has 0 saturated heterocycles. The second kappa shape index (κ2) is 3.73. The second-order valence-corrected chi connectivity index (χ2v) is 3.74. The van der Waals surface area contributed by atoms with Gasteiger partial charge >= 0.3 is 5.69 Å². The molecule has 0 atom stereocenters. The molecule has 1 aromatic heterocycles. The predicted molar refractivity (Wildman–Crippen MR) is 61.1 cm³/mol. The van der Waals surface area contributed by atoms with Gasteiger partial charge in [-0.05, 0) is 26.0 Å². The Morgan fingerprint density at radius 3 is 2.80 bits per heavy atom. The topological polar surface area (TPSA) is 57.8 Å². The van der Waals surface area contributed by atoms with E-state index < -0.39 is 0 Å². The highest BCUT2D eigenvalue weighted by molar-refractivity contribution is 5.88. The van der Waals surface area contributed by atoms with Crippen molar-refractivity contribution in [1.82, 2.24) is 9.97 Å². The van der Waals surface area contributed by atoms with E-state index in [1.165, 1.54) is 0 Å². The number of aromatic nitrogens is 2. The fraction of sp³-hybridized carbons (Fsp3) is 0.273. The molecule has 1 aromatic carbocycles. The Bertz CT molecular complexity index is 531. The normalized spacial score (nSPS) is 10.9. The van der Waals surface area contributed by atoms with Crippen LogP contribution in [0, 0.1) is 0 Å². The van der Waals surface area contributed by atoms with Gasteiger partial charge in [-0.2, -0.15) is 4.98 Å². The molecule has 2 rings (SSSR count). The fourth-order valence-electron chi connectivity index (χ4n) is 1.49. The number of rotatable bonds is 2.